The molecule has 2 aromatic carbocycles. The second-order valence-electron chi connectivity index (χ2n) is 3.74. The Labute approximate surface area is 134 Å². The summed E-state index contributed by atoms with van der Waals surface area (Å²) in [7, 11) is 0. The first-order valence-electron chi connectivity index (χ1n) is 5.32. The number of benzene rings is 2. The van der Waals surface area contributed by atoms with Gasteiger partial charge in [0.1, 0.15) is 0 Å². The van der Waals surface area contributed by atoms with Crippen LogP contribution in [0.2, 0.25) is 10.0 Å². The first-order chi connectivity index (χ1) is 9.04. The number of hydrazine groups is 1. The number of nitrogens with one attached hydrogen (secondary N) is 2. The maximum Gasteiger partial charge on any atom is 0.269 e. The Morgan fingerprint density at radius 3 is 2.16 bits per heavy atom. The van der Waals surface area contributed by atoms with Gasteiger partial charge in [-0.2, -0.15) is 0 Å². The Kier molecular flexibility index (Phi) is 4.90. The number of anilines is 1. The van der Waals surface area contributed by atoms with Crippen LogP contribution in [-0.2, 0) is 0 Å². The fraction of sp³-hybridized carbons (Fsp3) is 0. The highest BCUT2D eigenvalue weighted by Gasteiger charge is 2.07. The van der Waals surface area contributed by atoms with Crippen LogP contribution in [0.3, 0.4) is 0 Å². The topological polar surface area (TPSA) is 41.1 Å². The van der Waals surface area contributed by atoms with Crippen LogP contribution in [0.15, 0.2) is 42.5 Å². The summed E-state index contributed by atoms with van der Waals surface area (Å²) in [5, 5.41) is 0.846. The number of carbonyl (C=O) groups excluding carboxylic acids is 1. The average Bonchev–Trinajstić information content (AvgIpc) is 2.36. The van der Waals surface area contributed by atoms with E-state index in [4.69, 9.17) is 23.2 Å². The third kappa shape index (κ3) is 4.26. The molecule has 6 heteroatoms. The van der Waals surface area contributed by atoms with E-state index in [2.05, 4.69) is 33.4 Å². The molecule has 0 heterocycles. The van der Waals surface area contributed by atoms with Gasteiger partial charge in [-0.05, 0) is 65.1 Å². The highest BCUT2D eigenvalue weighted by molar-refractivity contribution is 14.1. The van der Waals surface area contributed by atoms with E-state index in [-0.39, 0.29) is 5.91 Å². The number of halogens is 3. The molecule has 2 N–H and O–H groups in total. The lowest BCUT2D eigenvalue weighted by Crippen LogP contribution is -2.29. The minimum absolute atomic E-state index is 0.303. The lowest BCUT2D eigenvalue weighted by molar-refractivity contribution is 0.0962. The predicted molar refractivity (Wildman–Crippen MR) is 86.7 cm³/mol. The normalized spacial score (nSPS) is 10.1. The molecular formula is C13H9Cl2IN2O. The molecule has 1 amide bonds. The number of carbonyl (C=O) groups is 1. The van der Waals surface area contributed by atoms with Crippen LogP contribution in [0.5, 0.6) is 0 Å². The fourth-order valence-corrected chi connectivity index (χ4v) is 2.30. The minimum atomic E-state index is -0.303. The average molecular weight is 407 g/mol. The molecule has 0 radical (unpaired) electrons. The van der Waals surface area contributed by atoms with E-state index < -0.39 is 0 Å². The smallest absolute Gasteiger partial charge is 0.269 e. The van der Waals surface area contributed by atoms with Gasteiger partial charge < -0.3 is 0 Å². The van der Waals surface area contributed by atoms with Crippen LogP contribution in [0.1, 0.15) is 10.4 Å². The maximum absolute atomic E-state index is 11.9. The molecule has 0 saturated heterocycles. The molecule has 0 aromatic heterocycles. The van der Waals surface area contributed by atoms with Crippen molar-refractivity contribution in [2.45, 2.75) is 0 Å². The van der Waals surface area contributed by atoms with Crippen LogP contribution in [0.25, 0.3) is 0 Å². The third-order valence-electron chi connectivity index (χ3n) is 2.29. The second kappa shape index (κ2) is 6.45. The first kappa shape index (κ1) is 14.4. The van der Waals surface area contributed by atoms with Gasteiger partial charge in [0.15, 0.2) is 0 Å². The van der Waals surface area contributed by atoms with E-state index in [1.807, 2.05) is 24.3 Å². The number of rotatable bonds is 3. The van der Waals surface area contributed by atoms with E-state index in [1.165, 1.54) is 0 Å². The van der Waals surface area contributed by atoms with Gasteiger partial charge in [-0.1, -0.05) is 23.2 Å². The van der Waals surface area contributed by atoms with Crippen molar-refractivity contribution < 1.29 is 4.79 Å². The molecule has 0 spiro atoms. The van der Waals surface area contributed by atoms with Crippen molar-refractivity contribution >= 4 is 57.4 Å². The number of amides is 1. The highest BCUT2D eigenvalue weighted by Crippen LogP contribution is 2.19. The van der Waals surface area contributed by atoms with Crippen molar-refractivity contribution in [3.8, 4) is 0 Å². The van der Waals surface area contributed by atoms with Crippen molar-refractivity contribution in [3.05, 3.63) is 61.6 Å². The SMILES string of the molecule is O=C(NNc1ccc(I)cc1)c1cc(Cl)cc(Cl)c1. The molecule has 0 atom stereocenters. The summed E-state index contributed by atoms with van der Waals surface area (Å²) >= 11 is 13.9. The zero-order chi connectivity index (χ0) is 13.8. The molecule has 0 unspecified atom stereocenters. The molecule has 0 aliphatic heterocycles. The van der Waals surface area contributed by atoms with Crippen LogP contribution >= 0.6 is 45.8 Å². The maximum atomic E-state index is 11.9. The molecule has 0 fully saturated rings. The van der Waals surface area contributed by atoms with Gasteiger partial charge in [0, 0.05) is 19.2 Å². The third-order valence-corrected chi connectivity index (χ3v) is 3.44. The quantitative estimate of drug-likeness (QED) is 0.587. The van der Waals surface area contributed by atoms with E-state index in [9.17, 15) is 4.79 Å². The van der Waals surface area contributed by atoms with E-state index >= 15 is 0 Å². The Morgan fingerprint density at radius 1 is 1.00 bits per heavy atom. The minimum Gasteiger partial charge on any atom is -0.298 e. The van der Waals surface area contributed by atoms with Gasteiger partial charge in [-0.3, -0.25) is 15.6 Å². The van der Waals surface area contributed by atoms with Crippen LogP contribution in [-0.4, -0.2) is 5.91 Å². The zero-order valence-corrected chi connectivity index (χ0v) is 13.3. The van der Waals surface area contributed by atoms with Crippen LogP contribution < -0.4 is 10.9 Å². The first-order valence-corrected chi connectivity index (χ1v) is 7.16. The Bertz CT molecular complexity index is 582. The Morgan fingerprint density at radius 2 is 1.58 bits per heavy atom. The van der Waals surface area contributed by atoms with E-state index in [0.717, 1.165) is 9.26 Å². The molecule has 98 valence electrons. The van der Waals surface area contributed by atoms with Crippen molar-refractivity contribution in [3.63, 3.8) is 0 Å². The molecule has 0 aliphatic carbocycles. The Hall–Kier alpha value is -0.980. The summed E-state index contributed by atoms with van der Waals surface area (Å²) < 4.78 is 1.12. The van der Waals surface area contributed by atoms with Crippen LogP contribution in [0, 0.1) is 3.57 Å². The zero-order valence-electron chi connectivity index (χ0n) is 9.58. The summed E-state index contributed by atoms with van der Waals surface area (Å²) in [4.78, 5) is 11.9. The van der Waals surface area contributed by atoms with Gasteiger partial charge >= 0.3 is 0 Å². The van der Waals surface area contributed by atoms with Gasteiger partial charge in [0.2, 0.25) is 0 Å². The monoisotopic (exact) mass is 406 g/mol. The number of hydrogen-bond donors (Lipinski definition) is 2. The van der Waals surface area contributed by atoms with Gasteiger partial charge in [-0.15, -0.1) is 0 Å². The molecule has 2 rings (SSSR count). The molecule has 0 aliphatic rings. The largest absolute Gasteiger partial charge is 0.298 e. The molecule has 19 heavy (non-hydrogen) atoms. The molecule has 0 saturated carbocycles. The molecule has 3 nitrogen and oxygen atoms in total. The summed E-state index contributed by atoms with van der Waals surface area (Å²) in [6, 6.07) is 12.3. The molecule has 2 aromatic rings. The summed E-state index contributed by atoms with van der Waals surface area (Å²) in [6.45, 7) is 0. The number of hydrogen-bond acceptors (Lipinski definition) is 2. The lowest BCUT2D eigenvalue weighted by atomic mass is 10.2. The van der Waals surface area contributed by atoms with E-state index in [0.29, 0.717) is 15.6 Å². The van der Waals surface area contributed by atoms with Crippen molar-refractivity contribution in [1.29, 1.82) is 0 Å². The molecular weight excluding hydrogens is 398 g/mol. The van der Waals surface area contributed by atoms with Gasteiger partial charge in [-0.25, -0.2) is 0 Å². The summed E-state index contributed by atoms with van der Waals surface area (Å²) in [6.07, 6.45) is 0. The van der Waals surface area contributed by atoms with Crippen molar-refractivity contribution in [1.82, 2.24) is 5.43 Å². The Balaban J connectivity index is 2.03. The van der Waals surface area contributed by atoms with Gasteiger partial charge in [0.25, 0.3) is 5.91 Å². The second-order valence-corrected chi connectivity index (χ2v) is 5.86. The van der Waals surface area contributed by atoms with Crippen LogP contribution in [0.4, 0.5) is 5.69 Å². The summed E-state index contributed by atoms with van der Waals surface area (Å²) in [5.74, 6) is -0.303. The summed E-state index contributed by atoms with van der Waals surface area (Å²) in [5.41, 5.74) is 6.59. The standard InChI is InChI=1S/C13H9Cl2IN2O/c14-9-5-8(6-10(15)7-9)13(19)18-17-12-3-1-11(16)2-4-12/h1-7,17H,(H,18,19). The highest BCUT2D eigenvalue weighted by atomic mass is 127. The van der Waals surface area contributed by atoms with E-state index in [1.54, 1.807) is 18.2 Å². The van der Waals surface area contributed by atoms with Gasteiger partial charge in [0.05, 0.1) is 5.69 Å². The predicted octanol–water partition coefficient (Wildman–Crippen LogP) is 4.35. The lowest BCUT2D eigenvalue weighted by Gasteiger charge is -2.09. The fourth-order valence-electron chi connectivity index (χ4n) is 1.42. The van der Waals surface area contributed by atoms with Crippen molar-refractivity contribution in [2.24, 2.45) is 0 Å². The molecule has 0 bridgehead atoms. The van der Waals surface area contributed by atoms with Crippen molar-refractivity contribution in [2.75, 3.05) is 5.43 Å².